The molecule has 0 atom stereocenters. The van der Waals surface area contributed by atoms with E-state index in [-0.39, 0.29) is 17.8 Å². The molecule has 0 saturated heterocycles. The smallest absolute Gasteiger partial charge is 0.171 e. The lowest BCUT2D eigenvalue weighted by atomic mass is 10.0. The highest BCUT2D eigenvalue weighted by Crippen LogP contribution is 2.35. The molecule has 19 heavy (non-hydrogen) atoms. The van der Waals surface area contributed by atoms with Gasteiger partial charge in [0.2, 0.25) is 0 Å². The number of rotatable bonds is 1. The van der Waals surface area contributed by atoms with Crippen molar-refractivity contribution in [2.75, 3.05) is 7.11 Å². The van der Waals surface area contributed by atoms with Gasteiger partial charge in [-0.3, -0.25) is 4.79 Å². The maximum Gasteiger partial charge on any atom is 0.171 e. The van der Waals surface area contributed by atoms with Crippen LogP contribution in [0.1, 0.15) is 15.9 Å². The fourth-order valence-electron chi connectivity index (χ4n) is 2.12. The van der Waals surface area contributed by atoms with Crippen molar-refractivity contribution in [1.29, 1.82) is 0 Å². The average Bonchev–Trinajstić information content (AvgIpc) is 2.54. The fourth-order valence-corrected chi connectivity index (χ4v) is 2.12. The van der Waals surface area contributed by atoms with E-state index in [0.717, 1.165) is 5.56 Å². The molecule has 0 N–H and O–H groups in total. The van der Waals surface area contributed by atoms with Gasteiger partial charge in [-0.2, -0.15) is 0 Å². The Bertz CT molecular complexity index is 664. The van der Waals surface area contributed by atoms with Gasteiger partial charge in [0.25, 0.3) is 0 Å². The average molecular weight is 258 g/mol. The van der Waals surface area contributed by atoms with Crippen LogP contribution in [0, 0.1) is 5.82 Å². The molecule has 0 amide bonds. The van der Waals surface area contributed by atoms with E-state index in [2.05, 4.69) is 0 Å². The number of methoxy groups -OCH3 is 1. The van der Waals surface area contributed by atoms with Gasteiger partial charge >= 0.3 is 0 Å². The molecule has 4 heteroatoms. The number of fused-ring (bicyclic) bond motifs is 2. The number of benzene rings is 2. The number of ether oxygens (including phenoxy) is 2. The van der Waals surface area contributed by atoms with Gasteiger partial charge in [0.1, 0.15) is 23.1 Å². The molecular weight excluding hydrogens is 247 g/mol. The number of hydrogen-bond acceptors (Lipinski definition) is 3. The van der Waals surface area contributed by atoms with Crippen LogP contribution in [0.25, 0.3) is 0 Å². The Kier molecular flexibility index (Phi) is 2.71. The van der Waals surface area contributed by atoms with Crippen molar-refractivity contribution in [3.8, 4) is 17.2 Å². The lowest BCUT2D eigenvalue weighted by molar-refractivity contribution is 0.0993. The molecule has 2 aromatic carbocycles. The van der Waals surface area contributed by atoms with Crippen LogP contribution in [0.15, 0.2) is 36.4 Å². The minimum atomic E-state index is -0.445. The van der Waals surface area contributed by atoms with Crippen LogP contribution in [0.2, 0.25) is 0 Å². The van der Waals surface area contributed by atoms with Gasteiger partial charge in [-0.25, -0.2) is 4.39 Å². The molecule has 0 fully saturated rings. The highest BCUT2D eigenvalue weighted by Gasteiger charge is 2.22. The third-order valence-corrected chi connectivity index (χ3v) is 3.08. The molecule has 1 aliphatic heterocycles. The molecule has 3 rings (SSSR count). The second-order valence-corrected chi connectivity index (χ2v) is 4.32. The van der Waals surface area contributed by atoms with Crippen molar-refractivity contribution in [2.45, 2.75) is 6.42 Å². The lowest BCUT2D eigenvalue weighted by Crippen LogP contribution is -2.02. The quantitative estimate of drug-likeness (QED) is 0.786. The van der Waals surface area contributed by atoms with Crippen molar-refractivity contribution < 1.29 is 18.7 Å². The molecule has 0 aliphatic carbocycles. The van der Waals surface area contributed by atoms with E-state index in [1.165, 1.54) is 18.2 Å². The monoisotopic (exact) mass is 258 g/mol. The van der Waals surface area contributed by atoms with Crippen LogP contribution in [0.4, 0.5) is 4.39 Å². The summed E-state index contributed by atoms with van der Waals surface area (Å²) >= 11 is 0. The van der Waals surface area contributed by atoms with Gasteiger partial charge < -0.3 is 9.47 Å². The van der Waals surface area contributed by atoms with E-state index < -0.39 is 5.82 Å². The van der Waals surface area contributed by atoms with E-state index in [0.29, 0.717) is 17.2 Å². The van der Waals surface area contributed by atoms with Crippen molar-refractivity contribution in [3.05, 3.63) is 53.3 Å². The number of Topliss-reactive ketones (excluding diaryl/α,β-unsaturated/α-hetero) is 1. The summed E-state index contributed by atoms with van der Waals surface area (Å²) in [4.78, 5) is 12.1. The summed E-state index contributed by atoms with van der Waals surface area (Å²) < 4.78 is 24.0. The van der Waals surface area contributed by atoms with Gasteiger partial charge in [-0.1, -0.05) is 0 Å². The molecule has 0 aromatic heterocycles. The van der Waals surface area contributed by atoms with Crippen LogP contribution in [-0.2, 0) is 6.42 Å². The summed E-state index contributed by atoms with van der Waals surface area (Å²) in [6.45, 7) is 0. The maximum atomic E-state index is 13.2. The van der Waals surface area contributed by atoms with Gasteiger partial charge in [-0.05, 0) is 36.4 Å². The van der Waals surface area contributed by atoms with Crippen LogP contribution in [-0.4, -0.2) is 12.9 Å². The lowest BCUT2D eigenvalue weighted by Gasteiger charge is -2.09. The third-order valence-electron chi connectivity index (χ3n) is 3.08. The van der Waals surface area contributed by atoms with Crippen molar-refractivity contribution in [3.63, 3.8) is 0 Å². The summed E-state index contributed by atoms with van der Waals surface area (Å²) in [7, 11) is 1.56. The van der Waals surface area contributed by atoms with Gasteiger partial charge in [0.05, 0.1) is 12.7 Å². The Morgan fingerprint density at radius 2 is 1.95 bits per heavy atom. The summed E-state index contributed by atoms with van der Waals surface area (Å²) in [5, 5.41) is 0. The molecule has 0 spiro atoms. The molecule has 0 bridgehead atoms. The highest BCUT2D eigenvalue weighted by atomic mass is 19.1. The van der Waals surface area contributed by atoms with E-state index in [1.807, 2.05) is 0 Å². The first-order valence-corrected chi connectivity index (χ1v) is 5.85. The van der Waals surface area contributed by atoms with Crippen LogP contribution >= 0.6 is 0 Å². The first-order valence-electron chi connectivity index (χ1n) is 5.85. The second kappa shape index (κ2) is 4.39. The molecular formula is C15H11FO3. The Hall–Kier alpha value is -2.36. The minimum absolute atomic E-state index is 0.165. The minimum Gasteiger partial charge on any atom is -0.497 e. The Labute approximate surface area is 109 Å². The standard InChI is InChI=1S/C15H11FO3/c1-18-11-3-5-14-9(6-11)7-13(17)12-8-10(16)2-4-15(12)19-14/h2-6,8H,7H2,1H3. The zero-order valence-electron chi connectivity index (χ0n) is 10.3. The number of halogens is 1. The third kappa shape index (κ3) is 2.05. The molecule has 0 saturated carbocycles. The second-order valence-electron chi connectivity index (χ2n) is 4.32. The molecule has 2 aromatic rings. The van der Waals surface area contributed by atoms with Crippen LogP contribution in [0.3, 0.4) is 0 Å². The van der Waals surface area contributed by atoms with E-state index >= 15 is 0 Å². The van der Waals surface area contributed by atoms with Crippen LogP contribution in [0.5, 0.6) is 17.2 Å². The van der Waals surface area contributed by atoms with E-state index in [1.54, 1.807) is 25.3 Å². The Balaban J connectivity index is 2.11. The van der Waals surface area contributed by atoms with Crippen molar-refractivity contribution in [2.24, 2.45) is 0 Å². The molecule has 1 aliphatic rings. The molecule has 0 unspecified atom stereocenters. The summed E-state index contributed by atoms with van der Waals surface area (Å²) in [5.41, 5.74) is 1.01. The molecule has 3 nitrogen and oxygen atoms in total. The molecule has 96 valence electrons. The predicted molar refractivity (Wildman–Crippen MR) is 67.5 cm³/mol. The number of carbonyl (C=O) groups excluding carboxylic acids is 1. The fraction of sp³-hybridized carbons (Fsp3) is 0.133. The molecule has 0 radical (unpaired) electrons. The van der Waals surface area contributed by atoms with E-state index in [9.17, 15) is 9.18 Å². The SMILES string of the molecule is COc1ccc2c(c1)CC(=O)c1cc(F)ccc1O2. The summed E-state index contributed by atoms with van der Waals surface area (Å²) in [6, 6.07) is 9.23. The predicted octanol–water partition coefficient (Wildman–Crippen LogP) is 3.37. The molecule has 1 heterocycles. The first kappa shape index (κ1) is 11.7. The number of ketones is 1. The summed E-state index contributed by atoms with van der Waals surface area (Å²) in [6.07, 6.45) is 0.170. The Morgan fingerprint density at radius 1 is 1.16 bits per heavy atom. The largest absolute Gasteiger partial charge is 0.497 e. The summed E-state index contributed by atoms with van der Waals surface area (Å²) in [5.74, 6) is 1.03. The van der Waals surface area contributed by atoms with Crippen LogP contribution < -0.4 is 9.47 Å². The first-order chi connectivity index (χ1) is 9.17. The highest BCUT2D eigenvalue weighted by molar-refractivity contribution is 6.01. The topological polar surface area (TPSA) is 35.5 Å². The maximum absolute atomic E-state index is 13.2. The number of carbonyl (C=O) groups is 1. The van der Waals surface area contributed by atoms with E-state index in [4.69, 9.17) is 9.47 Å². The normalized spacial score (nSPS) is 13.1. The zero-order valence-corrected chi connectivity index (χ0v) is 10.3. The number of hydrogen-bond donors (Lipinski definition) is 0. The zero-order chi connectivity index (χ0) is 13.4. The van der Waals surface area contributed by atoms with Gasteiger partial charge in [0, 0.05) is 12.0 Å². The van der Waals surface area contributed by atoms with Gasteiger partial charge in [0.15, 0.2) is 5.78 Å². The Morgan fingerprint density at radius 3 is 2.74 bits per heavy atom. The van der Waals surface area contributed by atoms with Crippen molar-refractivity contribution >= 4 is 5.78 Å². The van der Waals surface area contributed by atoms with Crippen molar-refractivity contribution in [1.82, 2.24) is 0 Å². The van der Waals surface area contributed by atoms with Gasteiger partial charge in [-0.15, -0.1) is 0 Å².